The third-order valence-corrected chi connectivity index (χ3v) is 4.50. The lowest BCUT2D eigenvalue weighted by molar-refractivity contribution is -0.110. The molecule has 1 aliphatic carbocycles. The molecule has 1 heterocycles. The zero-order chi connectivity index (χ0) is 20.5. The zero-order valence-corrected chi connectivity index (χ0v) is 16.3. The van der Waals surface area contributed by atoms with Gasteiger partial charge in [0.1, 0.15) is 11.5 Å². The summed E-state index contributed by atoms with van der Waals surface area (Å²) in [6.07, 6.45) is 3.47. The van der Waals surface area contributed by atoms with E-state index in [9.17, 15) is 4.79 Å². The molecule has 1 fully saturated rings. The molecule has 2 aromatic rings. The van der Waals surface area contributed by atoms with Gasteiger partial charge in [0.15, 0.2) is 0 Å². The number of aliphatic hydroxyl groups is 1. The molecule has 3 rings (SSSR count). The Bertz CT molecular complexity index is 754. The fraction of sp³-hybridized carbons (Fsp3) is 0.400. The van der Waals surface area contributed by atoms with Crippen LogP contribution in [0.15, 0.2) is 52.8 Å². The molecule has 1 atom stereocenters. The number of benzene rings is 1. The van der Waals surface area contributed by atoms with E-state index in [1.165, 1.54) is 5.01 Å². The summed E-state index contributed by atoms with van der Waals surface area (Å²) in [6, 6.07) is 12.2. The number of aryl methyl sites for hydroxylation is 1. The van der Waals surface area contributed by atoms with Crippen LogP contribution in [-0.4, -0.2) is 40.4 Å². The van der Waals surface area contributed by atoms with E-state index >= 15 is 0 Å². The minimum Gasteiger partial charge on any atom is -0.399 e. The van der Waals surface area contributed by atoms with E-state index in [4.69, 9.17) is 21.2 Å². The second kappa shape index (κ2) is 10.5. The quantitative estimate of drug-likeness (QED) is 0.322. The van der Waals surface area contributed by atoms with Gasteiger partial charge in [0.25, 0.3) is 0 Å². The molecule has 152 valence electrons. The molecule has 1 saturated carbocycles. The maximum atomic E-state index is 10.2. The highest BCUT2D eigenvalue weighted by Crippen LogP contribution is 2.27. The van der Waals surface area contributed by atoms with Gasteiger partial charge in [-0.15, -0.1) is 0 Å². The molecule has 8 heteroatoms. The number of amides is 1. The Kier molecular flexibility index (Phi) is 8.03. The highest BCUT2D eigenvalue weighted by atomic mass is 16.5. The van der Waals surface area contributed by atoms with Gasteiger partial charge in [-0.2, -0.15) is 0 Å². The molecule has 0 bridgehead atoms. The SMILES string of the molecule is CC(O)/C(N)=C/N(N)CC1CC(NC=O)C1.Cc1cc(-c2ccccc2)no1. The zero-order valence-electron chi connectivity index (χ0n) is 16.3. The topological polar surface area (TPSA) is 131 Å². The normalized spacial score (nSPS) is 19.6. The van der Waals surface area contributed by atoms with E-state index in [-0.39, 0.29) is 6.04 Å². The standard InChI is InChI=1S/C10H20N4O2.C10H9NO/c1-7(16)10(11)5-14(12)4-8-2-9(3-8)13-6-15;1-8-7-10(11-12-8)9-5-3-2-4-6-9/h5-9,16H,2-4,11-12H2,1H3,(H,13,15);2-7H,1H3/b10-5-;. The molecular formula is C20H29N5O3. The molecule has 0 spiro atoms. The van der Waals surface area contributed by atoms with Crippen molar-refractivity contribution in [1.29, 1.82) is 0 Å². The van der Waals surface area contributed by atoms with E-state index in [1.807, 2.05) is 43.3 Å². The summed E-state index contributed by atoms with van der Waals surface area (Å²) >= 11 is 0. The van der Waals surface area contributed by atoms with Crippen LogP contribution < -0.4 is 16.9 Å². The summed E-state index contributed by atoms with van der Waals surface area (Å²) in [5.74, 6) is 7.03. The number of carbonyl (C=O) groups is 1. The van der Waals surface area contributed by atoms with Crippen LogP contribution in [0.5, 0.6) is 0 Å². The third-order valence-electron chi connectivity index (χ3n) is 4.50. The van der Waals surface area contributed by atoms with Crippen LogP contribution >= 0.6 is 0 Å². The molecule has 8 nitrogen and oxygen atoms in total. The van der Waals surface area contributed by atoms with Gasteiger partial charge in [0.05, 0.1) is 11.8 Å². The third kappa shape index (κ3) is 6.71. The largest absolute Gasteiger partial charge is 0.399 e. The van der Waals surface area contributed by atoms with Gasteiger partial charge in [0, 0.05) is 30.4 Å². The molecule has 0 aliphatic heterocycles. The molecule has 1 amide bonds. The molecular weight excluding hydrogens is 358 g/mol. The van der Waals surface area contributed by atoms with Crippen molar-refractivity contribution in [3.8, 4) is 11.3 Å². The summed E-state index contributed by atoms with van der Waals surface area (Å²) in [7, 11) is 0. The predicted octanol–water partition coefficient (Wildman–Crippen LogP) is 1.52. The molecule has 1 unspecified atom stereocenters. The molecule has 1 aliphatic rings. The van der Waals surface area contributed by atoms with Gasteiger partial charge < -0.3 is 25.7 Å². The van der Waals surface area contributed by atoms with Gasteiger partial charge in [-0.05, 0) is 32.6 Å². The smallest absolute Gasteiger partial charge is 0.207 e. The number of hydrogen-bond acceptors (Lipinski definition) is 7. The van der Waals surface area contributed by atoms with Gasteiger partial charge in [-0.3, -0.25) is 4.79 Å². The minimum absolute atomic E-state index is 0.286. The fourth-order valence-electron chi connectivity index (χ4n) is 2.88. The van der Waals surface area contributed by atoms with E-state index in [0.717, 1.165) is 36.3 Å². The lowest BCUT2D eigenvalue weighted by atomic mass is 9.80. The molecule has 1 aromatic heterocycles. The van der Waals surface area contributed by atoms with Crippen LogP contribution in [-0.2, 0) is 4.79 Å². The van der Waals surface area contributed by atoms with Crippen molar-refractivity contribution < 1.29 is 14.4 Å². The van der Waals surface area contributed by atoms with Crippen LogP contribution in [0.1, 0.15) is 25.5 Å². The highest BCUT2D eigenvalue weighted by Gasteiger charge is 2.29. The monoisotopic (exact) mass is 387 g/mol. The van der Waals surface area contributed by atoms with Crippen LogP contribution in [0.25, 0.3) is 11.3 Å². The Morgan fingerprint density at radius 3 is 2.64 bits per heavy atom. The average molecular weight is 387 g/mol. The molecule has 1 aromatic carbocycles. The number of aliphatic hydroxyl groups excluding tert-OH is 1. The van der Waals surface area contributed by atoms with Gasteiger partial charge >= 0.3 is 0 Å². The van der Waals surface area contributed by atoms with Crippen LogP contribution in [0.4, 0.5) is 0 Å². The van der Waals surface area contributed by atoms with E-state index in [0.29, 0.717) is 18.2 Å². The molecule has 6 N–H and O–H groups in total. The first kappa shape index (κ1) is 21.5. The maximum Gasteiger partial charge on any atom is 0.207 e. The summed E-state index contributed by atoms with van der Waals surface area (Å²) in [5.41, 5.74) is 7.90. The fourth-order valence-corrected chi connectivity index (χ4v) is 2.88. The minimum atomic E-state index is -0.683. The van der Waals surface area contributed by atoms with Crippen molar-refractivity contribution in [2.75, 3.05) is 6.54 Å². The van der Waals surface area contributed by atoms with Gasteiger partial charge in [0.2, 0.25) is 6.41 Å². The summed E-state index contributed by atoms with van der Waals surface area (Å²) in [6.45, 7) is 4.16. The highest BCUT2D eigenvalue weighted by molar-refractivity contribution is 5.58. The lowest BCUT2D eigenvalue weighted by Crippen LogP contribution is -2.45. The van der Waals surface area contributed by atoms with Crippen molar-refractivity contribution in [2.24, 2.45) is 17.5 Å². The number of carbonyl (C=O) groups excluding carboxylic acids is 1. The van der Waals surface area contributed by atoms with Gasteiger partial charge in [-0.1, -0.05) is 35.5 Å². The van der Waals surface area contributed by atoms with Crippen molar-refractivity contribution in [3.63, 3.8) is 0 Å². The van der Waals surface area contributed by atoms with Crippen molar-refractivity contribution in [1.82, 2.24) is 15.5 Å². The van der Waals surface area contributed by atoms with Crippen LogP contribution in [0.3, 0.4) is 0 Å². The summed E-state index contributed by atoms with van der Waals surface area (Å²) in [4.78, 5) is 10.2. The number of aromatic nitrogens is 1. The summed E-state index contributed by atoms with van der Waals surface area (Å²) < 4.78 is 4.97. The lowest BCUT2D eigenvalue weighted by Gasteiger charge is -2.36. The maximum absolute atomic E-state index is 10.2. The van der Waals surface area contributed by atoms with Crippen molar-refractivity contribution >= 4 is 6.41 Å². The Labute approximate surface area is 165 Å². The van der Waals surface area contributed by atoms with E-state index in [1.54, 1.807) is 13.1 Å². The van der Waals surface area contributed by atoms with Gasteiger partial charge in [-0.25, -0.2) is 5.84 Å². The first-order chi connectivity index (χ1) is 13.4. The van der Waals surface area contributed by atoms with Crippen LogP contribution in [0.2, 0.25) is 0 Å². The number of nitrogens with two attached hydrogens (primary N) is 2. The number of nitrogens with one attached hydrogen (secondary N) is 1. The number of hydrazine groups is 1. The Morgan fingerprint density at radius 1 is 1.43 bits per heavy atom. The number of hydrogen-bond donors (Lipinski definition) is 4. The van der Waals surface area contributed by atoms with Crippen molar-refractivity contribution in [3.05, 3.63) is 54.1 Å². The van der Waals surface area contributed by atoms with E-state index in [2.05, 4.69) is 10.5 Å². The van der Waals surface area contributed by atoms with Crippen molar-refractivity contribution in [2.45, 2.75) is 38.8 Å². The molecule has 28 heavy (non-hydrogen) atoms. The average Bonchev–Trinajstić information content (AvgIpc) is 3.07. The molecule has 0 saturated heterocycles. The first-order valence-electron chi connectivity index (χ1n) is 9.24. The summed E-state index contributed by atoms with van der Waals surface area (Å²) in [5, 5.41) is 17.3. The Morgan fingerprint density at radius 2 is 2.11 bits per heavy atom. The first-order valence-corrected chi connectivity index (χ1v) is 9.24. The van der Waals surface area contributed by atoms with Crippen LogP contribution in [0, 0.1) is 12.8 Å². The van der Waals surface area contributed by atoms with E-state index < -0.39 is 6.10 Å². The number of rotatable bonds is 7. The Hall–Kier alpha value is -2.84. The second-order valence-electron chi connectivity index (χ2n) is 7.01. The molecule has 0 radical (unpaired) electrons. The Balaban J connectivity index is 0.000000207. The predicted molar refractivity (Wildman–Crippen MR) is 107 cm³/mol. The number of nitrogens with zero attached hydrogens (tertiary/aromatic N) is 2. The second-order valence-corrected chi connectivity index (χ2v) is 7.01.